The van der Waals surface area contributed by atoms with Gasteiger partial charge in [-0.3, -0.25) is 9.52 Å². The first-order valence-corrected chi connectivity index (χ1v) is 13.3. The van der Waals surface area contributed by atoms with E-state index >= 15 is 0 Å². The Hall–Kier alpha value is -4.42. The third-order valence-electron chi connectivity index (χ3n) is 5.60. The predicted octanol–water partition coefficient (Wildman–Crippen LogP) is 4.83. The second kappa shape index (κ2) is 9.47. The predicted molar refractivity (Wildman–Crippen MR) is 142 cm³/mol. The van der Waals surface area contributed by atoms with Crippen molar-refractivity contribution in [3.8, 4) is 17.3 Å². The second-order valence-electron chi connectivity index (χ2n) is 8.51. The van der Waals surface area contributed by atoms with E-state index in [0.717, 1.165) is 12.3 Å². The lowest BCUT2D eigenvalue weighted by molar-refractivity contribution is 0.103. The molecule has 0 aliphatic rings. The molecule has 13 heteroatoms. The number of para-hydroxylation sites is 1. The standard InChI is InChI=1S/C25H20ClFN6O4S/c1-13-7-15(11-29-25(13)37-22-6-4-3-5-17(22)26)33-24(28)16(12-30-33)23(34)21-9-14-8-18(27)20(10-19(14)31-21)32-38(2,35)36/h3-12,31-32H,28H2,1-2H3. The maximum absolute atomic E-state index is 14.4. The molecule has 0 aliphatic heterocycles. The smallest absolute Gasteiger partial charge is 0.229 e. The average Bonchev–Trinajstić information content (AvgIpc) is 3.43. The lowest BCUT2D eigenvalue weighted by Gasteiger charge is -2.11. The fourth-order valence-corrected chi connectivity index (χ4v) is 4.57. The number of hydrogen-bond donors (Lipinski definition) is 3. The van der Waals surface area contributed by atoms with Crippen molar-refractivity contribution in [1.82, 2.24) is 19.7 Å². The van der Waals surface area contributed by atoms with Gasteiger partial charge >= 0.3 is 0 Å². The number of nitrogens with two attached hydrogens (primary N) is 1. The molecule has 3 heterocycles. The van der Waals surface area contributed by atoms with Crippen LogP contribution in [-0.2, 0) is 10.0 Å². The highest BCUT2D eigenvalue weighted by Crippen LogP contribution is 2.31. The van der Waals surface area contributed by atoms with E-state index in [1.807, 2.05) is 0 Å². The number of aromatic amines is 1. The molecule has 0 saturated heterocycles. The molecule has 10 nitrogen and oxygen atoms in total. The summed E-state index contributed by atoms with van der Waals surface area (Å²) in [5, 5.41) is 5.07. The summed E-state index contributed by atoms with van der Waals surface area (Å²) in [6.45, 7) is 1.80. The molecule has 5 rings (SSSR count). The van der Waals surface area contributed by atoms with Crippen LogP contribution in [0, 0.1) is 12.7 Å². The summed E-state index contributed by atoms with van der Waals surface area (Å²) in [4.78, 5) is 20.4. The van der Waals surface area contributed by atoms with Crippen LogP contribution < -0.4 is 15.2 Å². The summed E-state index contributed by atoms with van der Waals surface area (Å²) >= 11 is 6.16. The number of anilines is 2. The van der Waals surface area contributed by atoms with Crippen LogP contribution in [0.2, 0.25) is 5.02 Å². The number of nitrogens with zero attached hydrogens (tertiary/aromatic N) is 3. The van der Waals surface area contributed by atoms with E-state index in [-0.39, 0.29) is 22.8 Å². The number of carbonyl (C=O) groups excluding carboxylic acids is 1. The average molecular weight is 555 g/mol. The first-order valence-electron chi connectivity index (χ1n) is 11.1. The van der Waals surface area contributed by atoms with E-state index < -0.39 is 21.6 Å². The van der Waals surface area contributed by atoms with Gasteiger partial charge in [0.2, 0.25) is 21.7 Å². The number of halogens is 2. The van der Waals surface area contributed by atoms with Crippen molar-refractivity contribution in [2.45, 2.75) is 6.92 Å². The van der Waals surface area contributed by atoms with Crippen LogP contribution in [0.15, 0.2) is 60.9 Å². The molecule has 0 saturated carbocycles. The zero-order valence-electron chi connectivity index (χ0n) is 20.0. The Kier molecular flexibility index (Phi) is 6.29. The lowest BCUT2D eigenvalue weighted by Crippen LogP contribution is -2.10. The van der Waals surface area contributed by atoms with Crippen LogP contribution in [0.1, 0.15) is 21.6 Å². The van der Waals surface area contributed by atoms with Gasteiger partial charge in [-0.25, -0.2) is 22.5 Å². The summed E-state index contributed by atoms with van der Waals surface area (Å²) in [6, 6.07) is 12.6. The van der Waals surface area contributed by atoms with Gasteiger partial charge in [-0.2, -0.15) is 5.10 Å². The van der Waals surface area contributed by atoms with Gasteiger partial charge in [0.1, 0.15) is 17.4 Å². The maximum Gasteiger partial charge on any atom is 0.229 e. The zero-order chi connectivity index (χ0) is 27.2. The molecule has 5 aromatic rings. The fourth-order valence-electron chi connectivity index (χ4n) is 3.84. The minimum absolute atomic E-state index is 0.0697. The number of aryl methyl sites for hydroxylation is 1. The van der Waals surface area contributed by atoms with E-state index in [9.17, 15) is 17.6 Å². The van der Waals surface area contributed by atoms with Crippen LogP contribution in [0.3, 0.4) is 0 Å². The number of sulfonamides is 1. The topological polar surface area (TPSA) is 145 Å². The maximum atomic E-state index is 14.4. The van der Waals surface area contributed by atoms with Crippen molar-refractivity contribution in [2.24, 2.45) is 0 Å². The number of fused-ring (bicyclic) bond motifs is 1. The molecule has 194 valence electrons. The molecule has 4 N–H and O–H groups in total. The molecule has 0 aliphatic carbocycles. The number of aromatic nitrogens is 4. The molecule has 2 aromatic carbocycles. The summed E-state index contributed by atoms with van der Waals surface area (Å²) in [5.74, 6) is -0.384. The van der Waals surface area contributed by atoms with E-state index in [1.165, 1.54) is 29.2 Å². The molecule has 0 atom stereocenters. The molecule has 0 unspecified atom stereocenters. The first-order chi connectivity index (χ1) is 18.0. The van der Waals surface area contributed by atoms with Crippen molar-refractivity contribution in [1.29, 1.82) is 0 Å². The van der Waals surface area contributed by atoms with Gasteiger partial charge in [0.05, 0.1) is 46.3 Å². The number of hydrogen-bond acceptors (Lipinski definition) is 7. The number of rotatable bonds is 7. The third-order valence-corrected chi connectivity index (χ3v) is 6.51. The van der Waals surface area contributed by atoms with Gasteiger partial charge in [0, 0.05) is 16.5 Å². The van der Waals surface area contributed by atoms with Gasteiger partial charge in [0.25, 0.3) is 0 Å². The number of carbonyl (C=O) groups is 1. The van der Waals surface area contributed by atoms with E-state index in [0.29, 0.717) is 38.8 Å². The van der Waals surface area contributed by atoms with Crippen molar-refractivity contribution in [3.05, 3.63) is 88.6 Å². The molecule has 3 aromatic heterocycles. The second-order valence-corrected chi connectivity index (χ2v) is 10.7. The van der Waals surface area contributed by atoms with Crippen LogP contribution >= 0.6 is 11.6 Å². The van der Waals surface area contributed by atoms with E-state index in [2.05, 4.69) is 19.8 Å². The molecular formula is C25H20ClFN6O4S. The molecule has 0 radical (unpaired) electrons. The minimum atomic E-state index is -3.69. The number of ether oxygens (including phenoxy) is 1. The Morgan fingerprint density at radius 2 is 1.95 bits per heavy atom. The summed E-state index contributed by atoms with van der Waals surface area (Å²) in [7, 11) is -3.69. The van der Waals surface area contributed by atoms with Gasteiger partial charge in [-0.1, -0.05) is 23.7 Å². The highest BCUT2D eigenvalue weighted by molar-refractivity contribution is 7.92. The molecule has 0 amide bonds. The highest BCUT2D eigenvalue weighted by Gasteiger charge is 2.21. The minimum Gasteiger partial charge on any atom is -0.437 e. The Balaban J connectivity index is 1.43. The van der Waals surface area contributed by atoms with Gasteiger partial charge in [-0.15, -0.1) is 0 Å². The summed E-state index contributed by atoms with van der Waals surface area (Å²) in [6.07, 6.45) is 3.74. The van der Waals surface area contributed by atoms with Gasteiger partial charge in [0.15, 0.2) is 0 Å². The first kappa shape index (κ1) is 25.2. The Morgan fingerprint density at radius 1 is 1.18 bits per heavy atom. The largest absolute Gasteiger partial charge is 0.437 e. The van der Waals surface area contributed by atoms with E-state index in [4.69, 9.17) is 22.1 Å². The highest BCUT2D eigenvalue weighted by atomic mass is 35.5. The van der Waals surface area contributed by atoms with Crippen LogP contribution in [0.5, 0.6) is 11.6 Å². The lowest BCUT2D eigenvalue weighted by atomic mass is 10.1. The quantitative estimate of drug-likeness (QED) is 0.244. The number of nitrogens with one attached hydrogen (secondary N) is 2. The monoisotopic (exact) mass is 554 g/mol. The van der Waals surface area contributed by atoms with Crippen LogP contribution in [-0.4, -0.2) is 40.2 Å². The Bertz CT molecular complexity index is 1830. The van der Waals surface area contributed by atoms with Crippen molar-refractivity contribution < 1.29 is 22.3 Å². The molecule has 0 spiro atoms. The van der Waals surface area contributed by atoms with Crippen molar-refractivity contribution in [2.75, 3.05) is 16.7 Å². The SMILES string of the molecule is Cc1cc(-n2ncc(C(=O)c3cc4cc(F)c(NS(C)(=O)=O)cc4[nH]3)c2N)cnc1Oc1ccccc1Cl. The number of pyridine rings is 1. The van der Waals surface area contributed by atoms with Crippen LogP contribution in [0.4, 0.5) is 15.9 Å². The van der Waals surface area contributed by atoms with Crippen molar-refractivity contribution >= 4 is 49.8 Å². The van der Waals surface area contributed by atoms with Crippen molar-refractivity contribution in [3.63, 3.8) is 0 Å². The van der Waals surface area contributed by atoms with Crippen LogP contribution in [0.25, 0.3) is 16.6 Å². The summed E-state index contributed by atoms with van der Waals surface area (Å²) in [5.41, 5.74) is 7.81. The number of nitrogen functional groups attached to an aromatic ring is 1. The fraction of sp³-hybridized carbons (Fsp3) is 0.0800. The molecule has 0 bridgehead atoms. The van der Waals surface area contributed by atoms with Gasteiger partial charge in [-0.05, 0) is 43.3 Å². The normalized spacial score (nSPS) is 11.6. The number of H-pyrrole nitrogens is 1. The number of ketones is 1. The molecule has 38 heavy (non-hydrogen) atoms. The molecular weight excluding hydrogens is 535 g/mol. The molecule has 0 fully saturated rings. The summed E-state index contributed by atoms with van der Waals surface area (Å²) < 4.78 is 46.6. The Morgan fingerprint density at radius 3 is 2.66 bits per heavy atom. The number of benzene rings is 2. The van der Waals surface area contributed by atoms with Gasteiger partial charge < -0.3 is 15.5 Å². The third kappa shape index (κ3) is 4.91. The Labute approximate surface area is 221 Å². The van der Waals surface area contributed by atoms with E-state index in [1.54, 1.807) is 37.3 Å². The zero-order valence-corrected chi connectivity index (χ0v) is 21.6.